The van der Waals surface area contributed by atoms with E-state index in [9.17, 15) is 14.4 Å². The van der Waals surface area contributed by atoms with Gasteiger partial charge < -0.3 is 19.7 Å². The first kappa shape index (κ1) is 25.8. The lowest BCUT2D eigenvalue weighted by Crippen LogP contribution is -2.51. The van der Waals surface area contributed by atoms with E-state index in [0.717, 1.165) is 11.3 Å². The van der Waals surface area contributed by atoms with Crippen molar-refractivity contribution in [2.24, 2.45) is 5.92 Å². The number of hydrogen-bond acceptors (Lipinski definition) is 6. The Balaban J connectivity index is 1.52. The Morgan fingerprint density at radius 3 is 2.31 bits per heavy atom. The molecule has 1 spiro atoms. The van der Waals surface area contributed by atoms with E-state index in [1.807, 2.05) is 65.6 Å². The molecule has 0 aliphatic carbocycles. The molecule has 0 bridgehead atoms. The number of carbonyl (C=O) groups excluding carboxylic acids is 3. The van der Waals surface area contributed by atoms with Gasteiger partial charge in [0, 0.05) is 22.5 Å². The van der Waals surface area contributed by atoms with Crippen LogP contribution in [0.15, 0.2) is 103 Å². The number of carbonyl (C=O) groups is 3. The van der Waals surface area contributed by atoms with Gasteiger partial charge in [0.1, 0.15) is 23.0 Å². The molecule has 7 heteroatoms. The normalized spacial score (nSPS) is 23.1. The van der Waals surface area contributed by atoms with Gasteiger partial charge in [0.05, 0.1) is 26.2 Å². The number of nitrogens with one attached hydrogen (secondary N) is 1. The number of Topliss-reactive ketones (excluding diaryl/α,β-unsaturated/α-hetero) is 2. The number of fused-ring (bicyclic) bond motifs is 6. The van der Waals surface area contributed by atoms with E-state index in [2.05, 4.69) is 5.32 Å². The number of methoxy groups -OCH3 is 2. The largest absolute Gasteiger partial charge is 0.497 e. The Bertz CT molecular complexity index is 1780. The molecule has 0 radical (unpaired) electrons. The molecule has 3 aliphatic heterocycles. The zero-order valence-electron chi connectivity index (χ0n) is 23.1. The monoisotopic (exact) mass is 556 g/mol. The summed E-state index contributed by atoms with van der Waals surface area (Å²) < 4.78 is 10.8. The molecule has 1 saturated heterocycles. The van der Waals surface area contributed by atoms with Gasteiger partial charge in [-0.25, -0.2) is 0 Å². The topological polar surface area (TPSA) is 84.9 Å². The third kappa shape index (κ3) is 3.56. The van der Waals surface area contributed by atoms with Crippen molar-refractivity contribution < 1.29 is 23.9 Å². The van der Waals surface area contributed by atoms with E-state index in [1.165, 1.54) is 0 Å². The van der Waals surface area contributed by atoms with Crippen molar-refractivity contribution in [3.05, 3.63) is 125 Å². The summed E-state index contributed by atoms with van der Waals surface area (Å²) in [6, 6.07) is 27.4. The standard InChI is InChI=1S/C35H28N2O5/c1-41-24-17-14-22(15-18-24)32(38)30-31(33(39)23-9-7-10-25(20-23)42-2)37-28-13-6-3-8-21(28)16-19-29(37)35(30)26-11-4-5-12-27(26)36-34(35)40/h3-20,29-31H,1-2H3,(H,36,40)/t29-,30-,31-,35+/m1/s1. The Hall–Kier alpha value is -5.17. The van der Waals surface area contributed by atoms with Gasteiger partial charge in [0.25, 0.3) is 0 Å². The number of benzene rings is 4. The molecule has 0 aromatic heterocycles. The van der Waals surface area contributed by atoms with Crippen LogP contribution in [-0.2, 0) is 10.2 Å². The summed E-state index contributed by atoms with van der Waals surface area (Å²) in [5.74, 6) is -0.749. The van der Waals surface area contributed by atoms with E-state index in [0.29, 0.717) is 33.9 Å². The number of ketones is 2. The summed E-state index contributed by atoms with van der Waals surface area (Å²) in [7, 11) is 3.11. The van der Waals surface area contributed by atoms with Gasteiger partial charge in [-0.3, -0.25) is 14.4 Å². The number of ether oxygens (including phenoxy) is 2. The van der Waals surface area contributed by atoms with Crippen LogP contribution in [-0.4, -0.2) is 43.8 Å². The third-order valence-electron chi connectivity index (χ3n) is 8.82. The molecule has 4 aromatic rings. The average molecular weight is 557 g/mol. The highest BCUT2D eigenvalue weighted by atomic mass is 16.5. The zero-order valence-corrected chi connectivity index (χ0v) is 23.1. The summed E-state index contributed by atoms with van der Waals surface area (Å²) in [6.45, 7) is 0. The molecule has 1 fully saturated rings. The second kappa shape index (κ2) is 9.73. The predicted octanol–water partition coefficient (Wildman–Crippen LogP) is 5.56. The Kier molecular flexibility index (Phi) is 5.97. The molecule has 0 saturated carbocycles. The Morgan fingerprint density at radius 2 is 1.52 bits per heavy atom. The molecule has 42 heavy (non-hydrogen) atoms. The highest BCUT2D eigenvalue weighted by Crippen LogP contribution is 2.58. The summed E-state index contributed by atoms with van der Waals surface area (Å²) in [5.41, 5.74) is 2.51. The fourth-order valence-electron chi connectivity index (χ4n) is 7.00. The molecule has 3 aliphatic rings. The minimum absolute atomic E-state index is 0.259. The van der Waals surface area contributed by atoms with Crippen LogP contribution in [0.3, 0.4) is 0 Å². The van der Waals surface area contributed by atoms with Crippen LogP contribution in [0.1, 0.15) is 31.8 Å². The summed E-state index contributed by atoms with van der Waals surface area (Å²) in [6.07, 6.45) is 3.96. The fraction of sp³-hybridized carbons (Fsp3) is 0.171. The van der Waals surface area contributed by atoms with Gasteiger partial charge in [-0.2, -0.15) is 0 Å². The first-order chi connectivity index (χ1) is 20.5. The maximum Gasteiger partial charge on any atom is 0.238 e. The number of rotatable bonds is 6. The molecule has 208 valence electrons. The van der Waals surface area contributed by atoms with Gasteiger partial charge in [-0.15, -0.1) is 0 Å². The smallest absolute Gasteiger partial charge is 0.238 e. The first-order valence-corrected chi connectivity index (χ1v) is 13.8. The lowest BCUT2D eigenvalue weighted by atomic mass is 9.64. The second-order valence-electron chi connectivity index (χ2n) is 10.8. The van der Waals surface area contributed by atoms with E-state index in [-0.39, 0.29) is 17.5 Å². The van der Waals surface area contributed by atoms with Crippen LogP contribution >= 0.6 is 0 Å². The van der Waals surface area contributed by atoms with Crippen molar-refractivity contribution in [2.75, 3.05) is 24.4 Å². The lowest BCUT2D eigenvalue weighted by Gasteiger charge is -2.37. The molecular formula is C35H28N2O5. The van der Waals surface area contributed by atoms with E-state index in [1.54, 1.807) is 62.8 Å². The highest BCUT2D eigenvalue weighted by molar-refractivity contribution is 6.18. The highest BCUT2D eigenvalue weighted by Gasteiger charge is 2.70. The van der Waals surface area contributed by atoms with Crippen molar-refractivity contribution in [3.8, 4) is 11.5 Å². The summed E-state index contributed by atoms with van der Waals surface area (Å²) in [4.78, 5) is 46.0. The van der Waals surface area contributed by atoms with E-state index in [4.69, 9.17) is 9.47 Å². The molecule has 0 unspecified atom stereocenters. The van der Waals surface area contributed by atoms with E-state index >= 15 is 0 Å². The molecule has 4 atom stereocenters. The van der Waals surface area contributed by atoms with Crippen LogP contribution in [0, 0.1) is 5.92 Å². The minimum Gasteiger partial charge on any atom is -0.497 e. The fourth-order valence-corrected chi connectivity index (χ4v) is 7.00. The molecule has 1 N–H and O–H groups in total. The second-order valence-corrected chi connectivity index (χ2v) is 10.8. The maximum atomic E-state index is 14.8. The van der Waals surface area contributed by atoms with Gasteiger partial charge in [0.2, 0.25) is 5.91 Å². The molecule has 7 rings (SSSR count). The van der Waals surface area contributed by atoms with Crippen molar-refractivity contribution >= 4 is 34.9 Å². The van der Waals surface area contributed by atoms with Crippen molar-refractivity contribution in [1.29, 1.82) is 0 Å². The molecular weight excluding hydrogens is 528 g/mol. The van der Waals surface area contributed by atoms with Crippen LogP contribution in [0.4, 0.5) is 11.4 Å². The molecule has 4 aromatic carbocycles. The van der Waals surface area contributed by atoms with E-state index < -0.39 is 23.4 Å². The first-order valence-electron chi connectivity index (χ1n) is 13.8. The van der Waals surface area contributed by atoms with Gasteiger partial charge in [0.15, 0.2) is 11.6 Å². The lowest BCUT2D eigenvalue weighted by molar-refractivity contribution is -0.121. The third-order valence-corrected chi connectivity index (χ3v) is 8.82. The summed E-state index contributed by atoms with van der Waals surface area (Å²) in [5, 5.41) is 3.06. The van der Waals surface area contributed by atoms with Crippen LogP contribution in [0.2, 0.25) is 0 Å². The minimum atomic E-state index is -1.36. The number of anilines is 2. The number of hydrogen-bond donors (Lipinski definition) is 1. The zero-order chi connectivity index (χ0) is 29.0. The summed E-state index contributed by atoms with van der Waals surface area (Å²) >= 11 is 0. The number of para-hydroxylation sites is 2. The quantitative estimate of drug-likeness (QED) is 0.313. The predicted molar refractivity (Wildman–Crippen MR) is 160 cm³/mol. The van der Waals surface area contributed by atoms with Crippen molar-refractivity contribution in [3.63, 3.8) is 0 Å². The Labute approximate surface area is 243 Å². The van der Waals surface area contributed by atoms with Crippen LogP contribution in [0.25, 0.3) is 6.08 Å². The maximum absolute atomic E-state index is 14.8. The number of amides is 1. The van der Waals surface area contributed by atoms with Gasteiger partial charge in [-0.05, 0) is 59.7 Å². The van der Waals surface area contributed by atoms with Gasteiger partial charge >= 0.3 is 0 Å². The molecule has 3 heterocycles. The van der Waals surface area contributed by atoms with Crippen molar-refractivity contribution in [1.82, 2.24) is 0 Å². The van der Waals surface area contributed by atoms with Crippen molar-refractivity contribution in [2.45, 2.75) is 17.5 Å². The van der Waals surface area contributed by atoms with Gasteiger partial charge in [-0.1, -0.05) is 60.7 Å². The van der Waals surface area contributed by atoms with Crippen LogP contribution in [0.5, 0.6) is 11.5 Å². The van der Waals surface area contributed by atoms with Crippen LogP contribution < -0.4 is 19.7 Å². The Morgan fingerprint density at radius 1 is 0.786 bits per heavy atom. The SMILES string of the molecule is COc1ccc(C(=O)[C@H]2[C@H](C(=O)c3cccc(OC)c3)N3c4ccccc4C=C[C@@H]3[C@]23C(=O)Nc2ccccc23)cc1. The number of nitrogens with zero attached hydrogens (tertiary/aromatic N) is 1. The molecule has 1 amide bonds. The average Bonchev–Trinajstić information content (AvgIpc) is 3.52. The molecule has 7 nitrogen and oxygen atoms in total.